The second kappa shape index (κ2) is 4.10. The van der Waals surface area contributed by atoms with Crippen LogP contribution in [0.3, 0.4) is 0 Å². The van der Waals surface area contributed by atoms with E-state index in [2.05, 4.69) is 0 Å². The Morgan fingerprint density at radius 3 is 2.71 bits per heavy atom. The van der Waals surface area contributed by atoms with Gasteiger partial charge >= 0.3 is 0 Å². The van der Waals surface area contributed by atoms with Gasteiger partial charge in [0.25, 0.3) is 0 Å². The Hall–Kier alpha value is -0.0700. The highest BCUT2D eigenvalue weighted by molar-refractivity contribution is 8.22. The highest BCUT2D eigenvalue weighted by Gasteiger charge is 1.86. The molecule has 0 unspecified atom stereocenters. The zero-order chi connectivity index (χ0) is 5.70. The molecule has 0 aromatic rings. The van der Waals surface area contributed by atoms with Crippen LogP contribution in [-0.4, -0.2) is 10.5 Å². The van der Waals surface area contributed by atoms with Gasteiger partial charge < -0.3 is 0 Å². The summed E-state index contributed by atoms with van der Waals surface area (Å²) in [6, 6.07) is 1.96. The summed E-state index contributed by atoms with van der Waals surface area (Å²) >= 11 is 6.15. The minimum Gasteiger partial charge on any atom is -0.198 e. The van der Waals surface area contributed by atoms with Crippen molar-refractivity contribution in [1.82, 2.24) is 0 Å². The summed E-state index contributed by atoms with van der Waals surface area (Å²) in [5.74, 6) is 0. The number of nitriles is 1. The first-order valence-electron chi connectivity index (χ1n) is 1.75. The van der Waals surface area contributed by atoms with Crippen molar-refractivity contribution >= 4 is 28.2 Å². The molecule has 0 saturated heterocycles. The van der Waals surface area contributed by atoms with E-state index in [1.807, 2.05) is 12.3 Å². The van der Waals surface area contributed by atoms with E-state index in [1.54, 1.807) is 0 Å². The van der Waals surface area contributed by atoms with Crippen LogP contribution >= 0.6 is 24.0 Å². The van der Waals surface area contributed by atoms with Crippen molar-refractivity contribution < 1.29 is 0 Å². The van der Waals surface area contributed by atoms with Crippen molar-refractivity contribution in [3.05, 3.63) is 0 Å². The fraction of sp³-hybridized carbons (Fsp3) is 0.500. The molecule has 0 bridgehead atoms. The third-order valence-corrected chi connectivity index (χ3v) is 1.70. The van der Waals surface area contributed by atoms with Crippen molar-refractivity contribution in [2.75, 3.05) is 6.26 Å². The lowest BCUT2D eigenvalue weighted by Gasteiger charge is -1.83. The Balaban J connectivity index is 3.23. The van der Waals surface area contributed by atoms with Crippen molar-refractivity contribution in [3.8, 4) is 6.07 Å². The van der Waals surface area contributed by atoms with E-state index < -0.39 is 0 Å². The Morgan fingerprint density at radius 1 is 2.00 bits per heavy atom. The summed E-state index contributed by atoms with van der Waals surface area (Å²) in [7, 11) is 0. The van der Waals surface area contributed by atoms with E-state index in [1.165, 1.54) is 11.8 Å². The fourth-order valence-corrected chi connectivity index (χ4v) is 0.410. The molecule has 0 aliphatic rings. The third-order valence-electron chi connectivity index (χ3n) is 0.451. The van der Waals surface area contributed by atoms with Gasteiger partial charge in [0.05, 0.1) is 16.7 Å². The number of thiocarbonyl (C=S) groups is 1. The molecule has 3 heteroatoms. The second-order valence-electron chi connectivity index (χ2n) is 0.911. The molecule has 0 aliphatic heterocycles. The molecule has 1 nitrogen and oxygen atoms in total. The van der Waals surface area contributed by atoms with Crippen LogP contribution in [0.5, 0.6) is 0 Å². The van der Waals surface area contributed by atoms with Crippen molar-refractivity contribution in [2.24, 2.45) is 0 Å². The van der Waals surface area contributed by atoms with Gasteiger partial charge in [-0.25, -0.2) is 0 Å². The molecule has 0 spiro atoms. The predicted octanol–water partition coefficient (Wildman–Crippen LogP) is 1.59. The van der Waals surface area contributed by atoms with Crippen LogP contribution in [0.2, 0.25) is 0 Å². The molecule has 0 heterocycles. The molecular weight excluding hydrogens is 126 g/mol. The maximum atomic E-state index is 8.02. The van der Waals surface area contributed by atoms with Gasteiger partial charge in [-0.1, -0.05) is 12.2 Å². The van der Waals surface area contributed by atoms with E-state index in [-0.39, 0.29) is 0 Å². The predicted molar refractivity (Wildman–Crippen MR) is 36.3 cm³/mol. The summed E-state index contributed by atoms with van der Waals surface area (Å²) < 4.78 is 0.766. The number of thioether (sulfide) groups is 1. The maximum absolute atomic E-state index is 8.02. The minimum atomic E-state index is 0.399. The van der Waals surface area contributed by atoms with Gasteiger partial charge in [0.1, 0.15) is 0 Å². The molecule has 0 radical (unpaired) electrons. The smallest absolute Gasteiger partial charge is 0.0764 e. The molecule has 0 rings (SSSR count). The van der Waals surface area contributed by atoms with E-state index in [9.17, 15) is 0 Å². The Bertz CT molecular complexity index is 103. The summed E-state index contributed by atoms with van der Waals surface area (Å²) in [5.41, 5.74) is 0. The van der Waals surface area contributed by atoms with Crippen LogP contribution in [0.4, 0.5) is 0 Å². The Kier molecular flexibility index (Phi) is 4.06. The molecule has 0 fully saturated rings. The van der Waals surface area contributed by atoms with Crippen molar-refractivity contribution in [1.29, 1.82) is 5.26 Å². The zero-order valence-corrected chi connectivity index (χ0v) is 5.60. The van der Waals surface area contributed by atoms with E-state index in [0.717, 1.165) is 4.20 Å². The first kappa shape index (κ1) is 6.93. The van der Waals surface area contributed by atoms with Gasteiger partial charge in [0, 0.05) is 0 Å². The van der Waals surface area contributed by atoms with Crippen LogP contribution in [-0.2, 0) is 0 Å². The van der Waals surface area contributed by atoms with Gasteiger partial charge in [-0.05, 0) is 6.26 Å². The molecule has 0 amide bonds. The summed E-state index contributed by atoms with van der Waals surface area (Å²) in [6.45, 7) is 0. The van der Waals surface area contributed by atoms with E-state index in [4.69, 9.17) is 17.5 Å². The fourth-order valence-electron chi connectivity index (χ4n) is 0.137. The summed E-state index contributed by atoms with van der Waals surface area (Å²) in [6.07, 6.45) is 2.27. The summed E-state index contributed by atoms with van der Waals surface area (Å²) in [5, 5.41) is 8.02. The molecule has 0 aromatic heterocycles. The quantitative estimate of drug-likeness (QED) is 0.505. The lowest BCUT2D eigenvalue weighted by Crippen LogP contribution is -1.79. The first-order chi connectivity index (χ1) is 3.31. The molecule has 0 saturated carbocycles. The number of rotatable bonds is 1. The lowest BCUT2D eigenvalue weighted by atomic mass is 10.6. The van der Waals surface area contributed by atoms with Crippen molar-refractivity contribution in [3.63, 3.8) is 0 Å². The second-order valence-corrected chi connectivity index (χ2v) is 2.56. The average molecular weight is 131 g/mol. The molecule has 0 atom stereocenters. The standard InChI is InChI=1S/C4H5NS2/c1-7-4(6)2-3-5/h2H2,1H3. The topological polar surface area (TPSA) is 23.8 Å². The molecule has 7 heavy (non-hydrogen) atoms. The van der Waals surface area contributed by atoms with Crippen LogP contribution < -0.4 is 0 Å². The molecule has 0 aromatic carbocycles. The van der Waals surface area contributed by atoms with Gasteiger partial charge in [0.2, 0.25) is 0 Å². The largest absolute Gasteiger partial charge is 0.198 e. The van der Waals surface area contributed by atoms with E-state index in [0.29, 0.717) is 6.42 Å². The number of hydrogen-bond donors (Lipinski definition) is 0. The monoisotopic (exact) mass is 131 g/mol. The number of hydrogen-bond acceptors (Lipinski definition) is 3. The zero-order valence-electron chi connectivity index (χ0n) is 3.97. The molecular formula is C4H5NS2. The van der Waals surface area contributed by atoms with E-state index >= 15 is 0 Å². The Labute approximate surface area is 52.7 Å². The first-order valence-corrected chi connectivity index (χ1v) is 3.38. The molecule has 38 valence electrons. The van der Waals surface area contributed by atoms with Crippen LogP contribution in [0.15, 0.2) is 0 Å². The average Bonchev–Trinajstić information content (AvgIpc) is 1.68. The lowest BCUT2D eigenvalue weighted by molar-refractivity contribution is 1.44. The highest BCUT2D eigenvalue weighted by Crippen LogP contribution is 1.99. The molecule has 0 aliphatic carbocycles. The number of nitrogens with zero attached hydrogens (tertiary/aromatic N) is 1. The van der Waals surface area contributed by atoms with Crippen LogP contribution in [0, 0.1) is 11.3 Å². The third kappa shape index (κ3) is 3.77. The maximum Gasteiger partial charge on any atom is 0.0764 e. The van der Waals surface area contributed by atoms with Crippen molar-refractivity contribution in [2.45, 2.75) is 6.42 Å². The molecule has 0 N–H and O–H groups in total. The normalized spacial score (nSPS) is 7.43. The highest BCUT2D eigenvalue weighted by atomic mass is 32.2. The van der Waals surface area contributed by atoms with Gasteiger partial charge in [-0.3, -0.25) is 0 Å². The van der Waals surface area contributed by atoms with Crippen LogP contribution in [0.1, 0.15) is 6.42 Å². The van der Waals surface area contributed by atoms with Gasteiger partial charge in [0.15, 0.2) is 0 Å². The van der Waals surface area contributed by atoms with Gasteiger partial charge in [-0.15, -0.1) is 11.8 Å². The van der Waals surface area contributed by atoms with Gasteiger partial charge in [-0.2, -0.15) is 5.26 Å². The SMILES string of the molecule is CSC(=S)CC#N. The van der Waals surface area contributed by atoms with Crippen LogP contribution in [0.25, 0.3) is 0 Å². The summed E-state index contributed by atoms with van der Waals surface area (Å²) in [4.78, 5) is 0. The Morgan fingerprint density at radius 2 is 2.57 bits per heavy atom. The minimum absolute atomic E-state index is 0.399.